The summed E-state index contributed by atoms with van der Waals surface area (Å²) in [4.78, 5) is 15.9. The van der Waals surface area contributed by atoms with Crippen LogP contribution in [0.1, 0.15) is 35.3 Å². The lowest BCUT2D eigenvalue weighted by Gasteiger charge is -2.07. The Kier molecular flexibility index (Phi) is 5.16. The van der Waals surface area contributed by atoms with Gasteiger partial charge in [-0.05, 0) is 38.2 Å². The van der Waals surface area contributed by atoms with Crippen molar-refractivity contribution in [2.75, 3.05) is 19.8 Å². The summed E-state index contributed by atoms with van der Waals surface area (Å²) in [6.45, 7) is 3.98. The molecule has 19 heavy (non-hydrogen) atoms. The number of carbonyl (C=O) groups excluding carboxylic acids is 1. The first kappa shape index (κ1) is 14.3. The zero-order chi connectivity index (χ0) is 13.7. The molecule has 2 rings (SSSR count). The molecule has 0 unspecified atom stereocenters. The third kappa shape index (κ3) is 4.80. The predicted molar refractivity (Wildman–Crippen MR) is 74.5 cm³/mol. The van der Waals surface area contributed by atoms with Crippen LogP contribution in [0.25, 0.3) is 0 Å². The number of aryl methyl sites for hydroxylation is 1. The Hall–Kier alpha value is -1.13. The van der Waals surface area contributed by atoms with Crippen molar-refractivity contribution in [2.24, 2.45) is 5.92 Å². The maximum atomic E-state index is 11.9. The van der Waals surface area contributed by atoms with Crippen LogP contribution < -0.4 is 5.32 Å². The zero-order valence-electron chi connectivity index (χ0n) is 11.1. The normalized spacial score (nSPS) is 14.4. The van der Waals surface area contributed by atoms with Crippen LogP contribution in [0.15, 0.2) is 12.3 Å². The van der Waals surface area contributed by atoms with Crippen molar-refractivity contribution in [1.82, 2.24) is 10.3 Å². The molecule has 1 fully saturated rings. The van der Waals surface area contributed by atoms with Crippen molar-refractivity contribution in [3.05, 3.63) is 28.5 Å². The molecule has 4 nitrogen and oxygen atoms in total. The molecule has 1 aromatic heterocycles. The van der Waals surface area contributed by atoms with Gasteiger partial charge in [0.2, 0.25) is 0 Å². The molecule has 1 aliphatic rings. The van der Waals surface area contributed by atoms with Crippen LogP contribution in [-0.2, 0) is 4.74 Å². The third-order valence-corrected chi connectivity index (χ3v) is 3.35. The van der Waals surface area contributed by atoms with Gasteiger partial charge in [0.25, 0.3) is 5.91 Å². The van der Waals surface area contributed by atoms with Gasteiger partial charge in [-0.15, -0.1) is 0 Å². The summed E-state index contributed by atoms with van der Waals surface area (Å²) in [5.41, 5.74) is 1.22. The first-order valence-electron chi connectivity index (χ1n) is 6.65. The van der Waals surface area contributed by atoms with Gasteiger partial charge in [-0.25, -0.2) is 0 Å². The van der Waals surface area contributed by atoms with Crippen molar-refractivity contribution < 1.29 is 9.53 Å². The molecule has 1 N–H and O–H groups in total. The summed E-state index contributed by atoms with van der Waals surface area (Å²) in [5, 5.41) is 3.26. The lowest BCUT2D eigenvalue weighted by molar-refractivity contribution is 0.0937. The summed E-state index contributed by atoms with van der Waals surface area (Å²) in [6.07, 6.45) is 4.93. The van der Waals surface area contributed by atoms with Crippen LogP contribution in [-0.4, -0.2) is 30.6 Å². The van der Waals surface area contributed by atoms with Crippen LogP contribution in [0.5, 0.6) is 0 Å². The third-order valence-electron chi connectivity index (χ3n) is 3.04. The smallest absolute Gasteiger partial charge is 0.254 e. The Morgan fingerprint density at radius 1 is 1.58 bits per heavy atom. The SMILES string of the molecule is Cc1cc(Cl)c(C(=O)NCCCOCC2CC2)cn1. The van der Waals surface area contributed by atoms with Crippen molar-refractivity contribution in [2.45, 2.75) is 26.2 Å². The number of halogens is 1. The highest BCUT2D eigenvalue weighted by Crippen LogP contribution is 2.28. The van der Waals surface area contributed by atoms with Gasteiger partial charge in [-0.2, -0.15) is 0 Å². The quantitative estimate of drug-likeness (QED) is 0.782. The van der Waals surface area contributed by atoms with Crippen LogP contribution in [0.4, 0.5) is 0 Å². The van der Waals surface area contributed by atoms with Crippen LogP contribution in [0.2, 0.25) is 5.02 Å². The average Bonchev–Trinajstić information content (AvgIpc) is 3.17. The number of hydrogen-bond acceptors (Lipinski definition) is 3. The fraction of sp³-hybridized carbons (Fsp3) is 0.571. The van der Waals surface area contributed by atoms with Gasteiger partial charge in [0.05, 0.1) is 10.6 Å². The maximum absolute atomic E-state index is 11.9. The van der Waals surface area contributed by atoms with Gasteiger partial charge in [0.15, 0.2) is 0 Å². The van der Waals surface area contributed by atoms with E-state index < -0.39 is 0 Å². The summed E-state index contributed by atoms with van der Waals surface area (Å²) >= 11 is 6.00. The first-order valence-corrected chi connectivity index (χ1v) is 7.02. The van der Waals surface area contributed by atoms with E-state index in [2.05, 4.69) is 10.3 Å². The minimum absolute atomic E-state index is 0.181. The fourth-order valence-corrected chi connectivity index (χ4v) is 1.99. The molecule has 5 heteroatoms. The zero-order valence-corrected chi connectivity index (χ0v) is 11.9. The van der Waals surface area contributed by atoms with E-state index in [1.54, 1.807) is 6.07 Å². The summed E-state index contributed by atoms with van der Waals surface area (Å²) in [6, 6.07) is 1.69. The second-order valence-electron chi connectivity index (χ2n) is 4.93. The number of rotatable bonds is 7. The molecule has 1 aliphatic carbocycles. The highest BCUT2D eigenvalue weighted by Gasteiger charge is 2.20. The molecule has 1 aromatic rings. The van der Waals surface area contributed by atoms with Gasteiger partial charge >= 0.3 is 0 Å². The van der Waals surface area contributed by atoms with Gasteiger partial charge in [-0.1, -0.05) is 11.6 Å². The summed E-state index contributed by atoms with van der Waals surface area (Å²) < 4.78 is 5.49. The molecule has 0 aliphatic heterocycles. The van der Waals surface area contributed by atoms with E-state index in [0.29, 0.717) is 23.7 Å². The number of hydrogen-bond donors (Lipinski definition) is 1. The number of carbonyl (C=O) groups is 1. The van der Waals surface area contributed by atoms with Crippen molar-refractivity contribution >= 4 is 17.5 Å². The number of ether oxygens (including phenoxy) is 1. The van der Waals surface area contributed by atoms with Crippen molar-refractivity contribution in [3.63, 3.8) is 0 Å². The second-order valence-corrected chi connectivity index (χ2v) is 5.34. The predicted octanol–water partition coefficient (Wildman–Crippen LogP) is 2.59. The minimum atomic E-state index is -0.181. The van der Waals surface area contributed by atoms with Gasteiger partial charge in [0.1, 0.15) is 0 Å². The first-order chi connectivity index (χ1) is 9.16. The topological polar surface area (TPSA) is 51.2 Å². The molecule has 1 saturated carbocycles. The Balaban J connectivity index is 1.65. The molecular formula is C14H19ClN2O2. The van der Waals surface area contributed by atoms with Gasteiger partial charge < -0.3 is 10.1 Å². The lowest BCUT2D eigenvalue weighted by Crippen LogP contribution is -2.25. The largest absolute Gasteiger partial charge is 0.381 e. The monoisotopic (exact) mass is 282 g/mol. The molecule has 0 bridgehead atoms. The second kappa shape index (κ2) is 6.87. The van der Waals surface area contributed by atoms with Crippen LogP contribution in [0, 0.1) is 12.8 Å². The maximum Gasteiger partial charge on any atom is 0.254 e. The molecule has 0 radical (unpaired) electrons. The van der Waals surface area contributed by atoms with E-state index in [0.717, 1.165) is 24.6 Å². The molecule has 104 valence electrons. The number of nitrogens with one attached hydrogen (secondary N) is 1. The van der Waals surface area contributed by atoms with Crippen LogP contribution in [0.3, 0.4) is 0 Å². The number of pyridine rings is 1. The van der Waals surface area contributed by atoms with Crippen molar-refractivity contribution in [3.8, 4) is 0 Å². The Morgan fingerprint density at radius 2 is 2.37 bits per heavy atom. The molecule has 1 amide bonds. The van der Waals surface area contributed by atoms with E-state index in [1.165, 1.54) is 19.0 Å². The summed E-state index contributed by atoms with van der Waals surface area (Å²) in [7, 11) is 0. The van der Waals surface area contributed by atoms with Crippen LogP contribution >= 0.6 is 11.6 Å². The fourth-order valence-electron chi connectivity index (χ4n) is 1.70. The average molecular weight is 283 g/mol. The standard InChI is InChI=1S/C14H19ClN2O2/c1-10-7-13(15)12(8-17-10)14(18)16-5-2-6-19-9-11-3-4-11/h7-8,11H,2-6,9H2,1H3,(H,16,18). The Labute approximate surface area is 118 Å². The molecule has 1 heterocycles. The lowest BCUT2D eigenvalue weighted by atomic mass is 10.2. The van der Waals surface area contributed by atoms with Crippen molar-refractivity contribution in [1.29, 1.82) is 0 Å². The molecule has 0 saturated heterocycles. The highest BCUT2D eigenvalue weighted by atomic mass is 35.5. The molecular weight excluding hydrogens is 264 g/mol. The highest BCUT2D eigenvalue weighted by molar-refractivity contribution is 6.33. The number of aromatic nitrogens is 1. The Morgan fingerprint density at radius 3 is 3.05 bits per heavy atom. The molecule has 0 aromatic carbocycles. The number of amides is 1. The van der Waals surface area contributed by atoms with E-state index in [1.807, 2.05) is 6.92 Å². The minimum Gasteiger partial charge on any atom is -0.381 e. The Bertz CT molecular complexity index is 447. The molecule has 0 spiro atoms. The van der Waals surface area contributed by atoms with E-state index >= 15 is 0 Å². The number of nitrogens with zero attached hydrogens (tertiary/aromatic N) is 1. The van der Waals surface area contributed by atoms with E-state index in [4.69, 9.17) is 16.3 Å². The van der Waals surface area contributed by atoms with E-state index in [9.17, 15) is 4.79 Å². The molecule has 0 atom stereocenters. The summed E-state index contributed by atoms with van der Waals surface area (Å²) in [5.74, 6) is 0.603. The van der Waals surface area contributed by atoms with E-state index in [-0.39, 0.29) is 5.91 Å². The van der Waals surface area contributed by atoms with Gasteiger partial charge in [0, 0.05) is 31.6 Å². The van der Waals surface area contributed by atoms with Gasteiger partial charge in [-0.3, -0.25) is 9.78 Å².